The molecule has 0 spiro atoms. The molecule has 0 unspecified atom stereocenters. The third-order valence-corrected chi connectivity index (χ3v) is 7.89. The van der Waals surface area contributed by atoms with Crippen LogP contribution in [-0.4, -0.2) is 33.5 Å². The summed E-state index contributed by atoms with van der Waals surface area (Å²) in [6.07, 6.45) is 0.654. The van der Waals surface area contributed by atoms with Gasteiger partial charge < -0.3 is 9.80 Å². The summed E-state index contributed by atoms with van der Waals surface area (Å²) in [5.74, 6) is -1.27. The van der Waals surface area contributed by atoms with E-state index in [4.69, 9.17) is 5.14 Å². The Kier molecular flexibility index (Phi) is 5.64. The van der Waals surface area contributed by atoms with Crippen LogP contribution >= 0.6 is 0 Å². The number of carbonyl (C=O) groups is 1. The third-order valence-electron chi connectivity index (χ3n) is 6.84. The van der Waals surface area contributed by atoms with E-state index in [0.29, 0.717) is 36.3 Å². The molecule has 9 heteroatoms. The summed E-state index contributed by atoms with van der Waals surface area (Å²) in [4.78, 5) is 17.1. The molecule has 2 N–H and O–H groups in total. The zero-order valence-corrected chi connectivity index (χ0v) is 20.1. The highest BCUT2D eigenvalue weighted by molar-refractivity contribution is 7.89. The van der Waals surface area contributed by atoms with Crippen molar-refractivity contribution in [2.75, 3.05) is 22.9 Å². The number of amides is 1. The van der Waals surface area contributed by atoms with Gasteiger partial charge in [-0.3, -0.25) is 4.79 Å². The number of fused-ring (bicyclic) bond motifs is 1. The van der Waals surface area contributed by atoms with E-state index in [1.54, 1.807) is 30.0 Å². The zero-order valence-electron chi connectivity index (χ0n) is 19.3. The molecular formula is C26H25F2N3O3S. The molecule has 1 atom stereocenters. The SMILES string of the molecule is Cc1cc2c(cc1S(N)(=O)=O)N(C(=O)C1CN(c3ccc(-c4cc(F)ccc4F)cc3)C1)[C@@H](C)C2. The Morgan fingerprint density at radius 1 is 1.03 bits per heavy atom. The van der Waals surface area contributed by atoms with Gasteiger partial charge in [-0.15, -0.1) is 0 Å². The summed E-state index contributed by atoms with van der Waals surface area (Å²) in [5, 5.41) is 5.37. The molecule has 0 radical (unpaired) electrons. The summed E-state index contributed by atoms with van der Waals surface area (Å²) in [5.41, 5.74) is 3.77. The second kappa shape index (κ2) is 8.42. The van der Waals surface area contributed by atoms with Crippen LogP contribution in [0.2, 0.25) is 0 Å². The fourth-order valence-corrected chi connectivity index (χ4v) is 5.81. The number of nitrogens with two attached hydrogens (primary N) is 1. The van der Waals surface area contributed by atoms with Crippen LogP contribution in [0.4, 0.5) is 20.2 Å². The van der Waals surface area contributed by atoms with Crippen LogP contribution in [-0.2, 0) is 21.2 Å². The van der Waals surface area contributed by atoms with Crippen LogP contribution in [0.1, 0.15) is 18.1 Å². The molecule has 1 amide bonds. The molecule has 0 bridgehead atoms. The molecule has 3 aromatic carbocycles. The number of anilines is 2. The van der Waals surface area contributed by atoms with E-state index in [-0.39, 0.29) is 28.3 Å². The largest absolute Gasteiger partial charge is 0.370 e. The van der Waals surface area contributed by atoms with Crippen LogP contribution in [0.25, 0.3) is 11.1 Å². The molecule has 0 aliphatic carbocycles. The Morgan fingerprint density at radius 3 is 2.37 bits per heavy atom. The van der Waals surface area contributed by atoms with Crippen molar-refractivity contribution in [3.8, 4) is 11.1 Å². The monoisotopic (exact) mass is 497 g/mol. The number of hydrogen-bond acceptors (Lipinski definition) is 4. The van der Waals surface area contributed by atoms with Gasteiger partial charge in [0.1, 0.15) is 11.6 Å². The van der Waals surface area contributed by atoms with E-state index in [1.165, 1.54) is 12.1 Å². The van der Waals surface area contributed by atoms with Crippen molar-refractivity contribution in [2.24, 2.45) is 11.1 Å². The maximum atomic E-state index is 14.1. The van der Waals surface area contributed by atoms with Crippen molar-refractivity contribution in [1.29, 1.82) is 0 Å². The van der Waals surface area contributed by atoms with Gasteiger partial charge in [-0.1, -0.05) is 18.2 Å². The smallest absolute Gasteiger partial charge is 0.238 e. The molecule has 0 saturated carbocycles. The average molecular weight is 498 g/mol. The summed E-state index contributed by atoms with van der Waals surface area (Å²) in [7, 11) is -3.90. The van der Waals surface area contributed by atoms with Crippen molar-refractivity contribution < 1.29 is 22.0 Å². The fourth-order valence-electron chi connectivity index (χ4n) is 5.03. The van der Waals surface area contributed by atoms with Gasteiger partial charge in [-0.25, -0.2) is 22.3 Å². The van der Waals surface area contributed by atoms with Gasteiger partial charge in [0.25, 0.3) is 0 Å². The minimum atomic E-state index is -3.90. The van der Waals surface area contributed by atoms with Gasteiger partial charge in [0.2, 0.25) is 15.9 Å². The number of aryl methyl sites for hydroxylation is 1. The van der Waals surface area contributed by atoms with Crippen molar-refractivity contribution in [3.05, 3.63) is 77.4 Å². The molecule has 1 fully saturated rings. The standard InChI is InChI=1S/C26H25F2N3O3S/c1-15-9-18-10-16(2)31(24(18)12-25(15)35(29,33)34)26(32)19-13-30(14-19)21-6-3-17(4-7-21)22-11-20(27)5-8-23(22)28/h3-9,11-12,16,19H,10,13-14H2,1-2H3,(H2,29,33,34)/t16-/m0/s1. The summed E-state index contributed by atoms with van der Waals surface area (Å²) >= 11 is 0. The zero-order chi connectivity index (χ0) is 25.1. The van der Waals surface area contributed by atoms with E-state index < -0.39 is 21.7 Å². The molecular weight excluding hydrogens is 472 g/mol. The first-order chi connectivity index (χ1) is 16.5. The molecule has 182 valence electrons. The highest BCUT2D eigenvalue weighted by Gasteiger charge is 2.41. The van der Waals surface area contributed by atoms with Gasteiger partial charge in [0.05, 0.1) is 10.8 Å². The van der Waals surface area contributed by atoms with E-state index in [9.17, 15) is 22.0 Å². The molecule has 0 aromatic heterocycles. The predicted molar refractivity (Wildman–Crippen MR) is 131 cm³/mol. The molecule has 2 aliphatic rings. The van der Waals surface area contributed by atoms with Crippen LogP contribution in [0.3, 0.4) is 0 Å². The maximum absolute atomic E-state index is 14.1. The number of nitrogens with zero attached hydrogens (tertiary/aromatic N) is 2. The van der Waals surface area contributed by atoms with Crippen LogP contribution in [0.15, 0.2) is 59.5 Å². The van der Waals surface area contributed by atoms with Gasteiger partial charge in [0.15, 0.2) is 0 Å². The first kappa shape index (κ1) is 23.4. The first-order valence-corrected chi connectivity index (χ1v) is 12.9. The Balaban J connectivity index is 1.31. The first-order valence-electron chi connectivity index (χ1n) is 11.3. The van der Waals surface area contributed by atoms with Gasteiger partial charge in [-0.05, 0) is 73.4 Å². The lowest BCUT2D eigenvalue weighted by Crippen LogP contribution is -2.55. The second-order valence-electron chi connectivity index (χ2n) is 9.33. The number of halogens is 2. The minimum absolute atomic E-state index is 0.0354. The lowest BCUT2D eigenvalue weighted by Gasteiger charge is -2.42. The molecule has 1 saturated heterocycles. The van der Waals surface area contributed by atoms with E-state index in [1.807, 2.05) is 24.0 Å². The third kappa shape index (κ3) is 4.19. The topological polar surface area (TPSA) is 83.7 Å². The predicted octanol–water partition coefficient (Wildman–Crippen LogP) is 4.00. The second-order valence-corrected chi connectivity index (χ2v) is 10.9. The Hall–Kier alpha value is -3.30. The fraction of sp³-hybridized carbons (Fsp3) is 0.269. The number of primary sulfonamides is 1. The number of benzene rings is 3. The maximum Gasteiger partial charge on any atom is 0.238 e. The Bertz CT molecular complexity index is 1430. The molecule has 3 aromatic rings. The highest BCUT2D eigenvalue weighted by Crippen LogP contribution is 2.38. The highest BCUT2D eigenvalue weighted by atomic mass is 32.2. The molecule has 5 rings (SSSR count). The molecule has 2 heterocycles. The molecule has 6 nitrogen and oxygen atoms in total. The quantitative estimate of drug-likeness (QED) is 0.591. The van der Waals surface area contributed by atoms with Crippen LogP contribution in [0.5, 0.6) is 0 Å². The van der Waals surface area contributed by atoms with Crippen LogP contribution < -0.4 is 14.9 Å². The van der Waals surface area contributed by atoms with Gasteiger partial charge in [-0.2, -0.15) is 0 Å². The number of carbonyl (C=O) groups excluding carboxylic acids is 1. The van der Waals surface area contributed by atoms with E-state index in [0.717, 1.165) is 23.4 Å². The molecule has 35 heavy (non-hydrogen) atoms. The number of sulfonamides is 1. The van der Waals surface area contributed by atoms with Crippen molar-refractivity contribution >= 4 is 27.3 Å². The minimum Gasteiger partial charge on any atom is -0.370 e. The molecule has 2 aliphatic heterocycles. The number of hydrogen-bond donors (Lipinski definition) is 1. The van der Waals surface area contributed by atoms with Crippen LogP contribution in [0, 0.1) is 24.5 Å². The normalized spacial score (nSPS) is 17.9. The number of rotatable bonds is 4. The summed E-state index contributed by atoms with van der Waals surface area (Å²) in [6.45, 7) is 4.68. The average Bonchev–Trinajstić information content (AvgIpc) is 3.08. The van der Waals surface area contributed by atoms with E-state index in [2.05, 4.69) is 0 Å². The van der Waals surface area contributed by atoms with Crippen molar-refractivity contribution in [3.63, 3.8) is 0 Å². The Morgan fingerprint density at radius 2 is 1.71 bits per heavy atom. The lowest BCUT2D eigenvalue weighted by molar-refractivity contribution is -0.123. The summed E-state index contributed by atoms with van der Waals surface area (Å²) in [6, 6.07) is 13.7. The van der Waals surface area contributed by atoms with Crippen molar-refractivity contribution in [1.82, 2.24) is 0 Å². The van der Waals surface area contributed by atoms with E-state index >= 15 is 0 Å². The van der Waals surface area contributed by atoms with Gasteiger partial charge in [0, 0.05) is 36.1 Å². The summed E-state index contributed by atoms with van der Waals surface area (Å²) < 4.78 is 51.6. The lowest BCUT2D eigenvalue weighted by atomic mass is 9.96. The van der Waals surface area contributed by atoms with Gasteiger partial charge >= 0.3 is 0 Å². The van der Waals surface area contributed by atoms with Crippen molar-refractivity contribution in [2.45, 2.75) is 31.2 Å². The Labute approximate surface area is 203 Å².